The van der Waals surface area contributed by atoms with Crippen molar-refractivity contribution in [3.8, 4) is 0 Å². The fourth-order valence-corrected chi connectivity index (χ4v) is 2.25. The van der Waals surface area contributed by atoms with Crippen LogP contribution in [0.3, 0.4) is 0 Å². The number of rotatable bonds is 2. The topological polar surface area (TPSA) is 38.7 Å². The fraction of sp³-hybridized carbons (Fsp3) is 0. The molecule has 1 aromatic heterocycles. The van der Waals surface area contributed by atoms with E-state index in [0.717, 1.165) is 11.1 Å². The summed E-state index contributed by atoms with van der Waals surface area (Å²) >= 11 is 1.58. The van der Waals surface area contributed by atoms with Crippen molar-refractivity contribution in [1.29, 1.82) is 0 Å². The van der Waals surface area contributed by atoms with Crippen LogP contribution in [0.2, 0.25) is 0 Å². The predicted octanol–water partition coefficient (Wildman–Crippen LogP) is 3.09. The lowest BCUT2D eigenvalue weighted by atomic mass is 10.2. The normalized spacial score (nSPS) is 16.8. The molecule has 0 spiro atoms. The van der Waals surface area contributed by atoms with Crippen molar-refractivity contribution in [3.63, 3.8) is 0 Å². The summed E-state index contributed by atoms with van der Waals surface area (Å²) in [4.78, 5) is 15.9. The molecule has 0 radical (unpaired) electrons. The van der Waals surface area contributed by atoms with Crippen LogP contribution in [0.5, 0.6) is 0 Å². The molecule has 0 amide bonds. The molecule has 0 saturated carbocycles. The maximum absolute atomic E-state index is 11.7. The quantitative estimate of drug-likeness (QED) is 0.611. The maximum atomic E-state index is 11.7. The molecule has 2 aromatic rings. The van der Waals surface area contributed by atoms with Gasteiger partial charge in [0.2, 0.25) is 5.90 Å². The summed E-state index contributed by atoms with van der Waals surface area (Å²) in [6, 6.07) is 11.3. The fourth-order valence-electron chi connectivity index (χ4n) is 1.63. The summed E-state index contributed by atoms with van der Waals surface area (Å²) in [6.07, 6.45) is 1.73. The van der Waals surface area contributed by atoms with E-state index in [9.17, 15) is 4.79 Å². The molecule has 0 aliphatic carbocycles. The lowest BCUT2D eigenvalue weighted by molar-refractivity contribution is -0.129. The van der Waals surface area contributed by atoms with Crippen molar-refractivity contribution in [2.75, 3.05) is 0 Å². The standard InChI is InChI=1S/C14H9NO2S/c16-14-12(8-10-6-7-18-9-10)15-13(17-14)11-4-2-1-3-5-11/h1-9H/b12-8+. The van der Waals surface area contributed by atoms with Gasteiger partial charge in [-0.1, -0.05) is 18.2 Å². The number of ether oxygens (including phenoxy) is 1. The lowest BCUT2D eigenvalue weighted by Crippen LogP contribution is -2.04. The van der Waals surface area contributed by atoms with Crippen molar-refractivity contribution in [2.24, 2.45) is 4.99 Å². The molecule has 0 unspecified atom stereocenters. The van der Waals surface area contributed by atoms with E-state index in [1.165, 1.54) is 0 Å². The second kappa shape index (κ2) is 4.58. The first kappa shape index (κ1) is 10.9. The Balaban J connectivity index is 1.95. The van der Waals surface area contributed by atoms with Gasteiger partial charge in [-0.05, 0) is 40.6 Å². The van der Waals surface area contributed by atoms with Gasteiger partial charge in [0.1, 0.15) is 0 Å². The summed E-state index contributed by atoms with van der Waals surface area (Å²) in [7, 11) is 0. The number of esters is 1. The van der Waals surface area contributed by atoms with Gasteiger partial charge in [0.25, 0.3) is 0 Å². The highest BCUT2D eigenvalue weighted by atomic mass is 32.1. The molecule has 2 heterocycles. The third-order valence-electron chi connectivity index (χ3n) is 2.49. The zero-order chi connectivity index (χ0) is 12.4. The number of hydrogen-bond acceptors (Lipinski definition) is 4. The number of carbonyl (C=O) groups excluding carboxylic acids is 1. The molecule has 1 aliphatic rings. The van der Waals surface area contributed by atoms with Gasteiger partial charge in [-0.15, -0.1) is 0 Å². The Morgan fingerprint density at radius 2 is 2.00 bits per heavy atom. The van der Waals surface area contributed by atoms with E-state index in [4.69, 9.17) is 4.74 Å². The van der Waals surface area contributed by atoms with Crippen LogP contribution in [0.1, 0.15) is 11.1 Å². The molecule has 0 atom stereocenters. The molecular weight excluding hydrogens is 246 g/mol. The number of hydrogen-bond donors (Lipinski definition) is 0. The third-order valence-corrected chi connectivity index (χ3v) is 3.19. The van der Waals surface area contributed by atoms with E-state index in [0.29, 0.717) is 11.6 Å². The van der Waals surface area contributed by atoms with Crippen LogP contribution in [-0.4, -0.2) is 11.9 Å². The molecule has 3 rings (SSSR count). The van der Waals surface area contributed by atoms with E-state index in [1.54, 1.807) is 17.4 Å². The summed E-state index contributed by atoms with van der Waals surface area (Å²) in [6.45, 7) is 0. The summed E-state index contributed by atoms with van der Waals surface area (Å²) < 4.78 is 5.15. The molecule has 3 nitrogen and oxygen atoms in total. The van der Waals surface area contributed by atoms with Crippen LogP contribution in [0.15, 0.2) is 57.8 Å². The number of carbonyl (C=O) groups is 1. The zero-order valence-electron chi connectivity index (χ0n) is 9.37. The minimum Gasteiger partial charge on any atom is -0.402 e. The maximum Gasteiger partial charge on any atom is 0.363 e. The van der Waals surface area contributed by atoms with E-state index < -0.39 is 5.97 Å². The van der Waals surface area contributed by atoms with Gasteiger partial charge in [0.15, 0.2) is 5.70 Å². The first-order chi connectivity index (χ1) is 8.83. The first-order valence-corrected chi connectivity index (χ1v) is 6.37. The number of benzene rings is 1. The Morgan fingerprint density at radius 1 is 1.17 bits per heavy atom. The second-order valence-electron chi connectivity index (χ2n) is 3.76. The minimum atomic E-state index is -0.403. The summed E-state index contributed by atoms with van der Waals surface area (Å²) in [5.74, 6) is -0.0397. The van der Waals surface area contributed by atoms with Gasteiger partial charge in [-0.25, -0.2) is 9.79 Å². The number of thiophene rings is 1. The number of aliphatic imine (C=N–C) groups is 1. The molecule has 1 aliphatic heterocycles. The molecule has 0 fully saturated rings. The highest BCUT2D eigenvalue weighted by Gasteiger charge is 2.23. The van der Waals surface area contributed by atoms with Crippen molar-refractivity contribution in [2.45, 2.75) is 0 Å². The van der Waals surface area contributed by atoms with Crippen LogP contribution in [0.25, 0.3) is 6.08 Å². The number of cyclic esters (lactones) is 1. The van der Waals surface area contributed by atoms with E-state index in [1.807, 2.05) is 47.2 Å². The minimum absolute atomic E-state index is 0.340. The molecule has 0 N–H and O–H groups in total. The number of nitrogens with zero attached hydrogens (tertiary/aromatic N) is 1. The Labute approximate surface area is 108 Å². The van der Waals surface area contributed by atoms with Crippen molar-refractivity contribution in [3.05, 3.63) is 64.0 Å². The van der Waals surface area contributed by atoms with Crippen molar-refractivity contribution in [1.82, 2.24) is 0 Å². The van der Waals surface area contributed by atoms with E-state index >= 15 is 0 Å². The Bertz CT molecular complexity index is 627. The second-order valence-corrected chi connectivity index (χ2v) is 4.54. The molecule has 1 aromatic carbocycles. The smallest absolute Gasteiger partial charge is 0.363 e. The van der Waals surface area contributed by atoms with Crippen molar-refractivity contribution >= 4 is 29.3 Å². The molecule has 18 heavy (non-hydrogen) atoms. The van der Waals surface area contributed by atoms with E-state index in [2.05, 4.69) is 4.99 Å². The van der Waals surface area contributed by atoms with Crippen LogP contribution in [-0.2, 0) is 9.53 Å². The van der Waals surface area contributed by atoms with Crippen LogP contribution < -0.4 is 0 Å². The summed E-state index contributed by atoms with van der Waals surface area (Å²) in [5, 5.41) is 3.91. The van der Waals surface area contributed by atoms with Crippen LogP contribution in [0, 0.1) is 0 Å². The van der Waals surface area contributed by atoms with Crippen LogP contribution >= 0.6 is 11.3 Å². The molecule has 0 bridgehead atoms. The largest absolute Gasteiger partial charge is 0.402 e. The van der Waals surface area contributed by atoms with Gasteiger partial charge >= 0.3 is 5.97 Å². The van der Waals surface area contributed by atoms with Gasteiger partial charge in [0, 0.05) is 5.56 Å². The average Bonchev–Trinajstić information content (AvgIpc) is 3.02. The van der Waals surface area contributed by atoms with Gasteiger partial charge in [-0.3, -0.25) is 0 Å². The lowest BCUT2D eigenvalue weighted by Gasteiger charge is -1.97. The SMILES string of the molecule is O=C1OC(c2ccccc2)=N/C1=C/c1ccsc1. The average molecular weight is 255 g/mol. The van der Waals surface area contributed by atoms with Crippen molar-refractivity contribution < 1.29 is 9.53 Å². The Hall–Kier alpha value is -2.20. The molecule has 4 heteroatoms. The van der Waals surface area contributed by atoms with Crippen LogP contribution in [0.4, 0.5) is 0 Å². The first-order valence-electron chi connectivity index (χ1n) is 5.43. The van der Waals surface area contributed by atoms with E-state index in [-0.39, 0.29) is 0 Å². The molecule has 0 saturated heterocycles. The molecular formula is C14H9NO2S. The molecule has 88 valence electrons. The highest BCUT2D eigenvalue weighted by Crippen LogP contribution is 2.19. The van der Waals surface area contributed by atoms with Gasteiger partial charge < -0.3 is 4.74 Å². The highest BCUT2D eigenvalue weighted by molar-refractivity contribution is 7.08. The zero-order valence-corrected chi connectivity index (χ0v) is 10.2. The van der Waals surface area contributed by atoms with Gasteiger partial charge in [-0.2, -0.15) is 11.3 Å². The predicted molar refractivity (Wildman–Crippen MR) is 71.4 cm³/mol. The Kier molecular flexibility index (Phi) is 2.78. The monoisotopic (exact) mass is 255 g/mol. The Morgan fingerprint density at radius 3 is 2.72 bits per heavy atom. The third kappa shape index (κ3) is 2.10. The summed E-state index contributed by atoms with van der Waals surface area (Å²) in [5.41, 5.74) is 2.11. The van der Waals surface area contributed by atoms with Gasteiger partial charge in [0.05, 0.1) is 0 Å².